The summed E-state index contributed by atoms with van der Waals surface area (Å²) in [5.74, 6) is 0.733. The van der Waals surface area contributed by atoms with E-state index in [2.05, 4.69) is 4.98 Å². The van der Waals surface area contributed by atoms with Crippen molar-refractivity contribution in [3.63, 3.8) is 0 Å². The number of nitrogens with zero attached hydrogens (tertiary/aromatic N) is 2. The van der Waals surface area contributed by atoms with Gasteiger partial charge in [0.05, 0.1) is 12.7 Å². The molecule has 2 aromatic rings. The molecule has 1 atom stereocenters. The molecule has 6 heteroatoms. The van der Waals surface area contributed by atoms with Crippen LogP contribution in [0.2, 0.25) is 0 Å². The summed E-state index contributed by atoms with van der Waals surface area (Å²) < 4.78 is 5.37. The van der Waals surface area contributed by atoms with Gasteiger partial charge in [-0.2, -0.15) is 0 Å². The maximum Gasteiger partial charge on any atom is 0.270 e. The molecule has 0 aliphatic carbocycles. The van der Waals surface area contributed by atoms with Gasteiger partial charge in [-0.15, -0.1) is 0 Å². The molecule has 1 aromatic heterocycles. The number of aromatic amines is 1. The van der Waals surface area contributed by atoms with Crippen LogP contribution in [0.4, 0.5) is 0 Å². The lowest BCUT2D eigenvalue weighted by Crippen LogP contribution is -2.41. The highest BCUT2D eigenvalue weighted by Crippen LogP contribution is 2.28. The second-order valence-electron chi connectivity index (χ2n) is 7.21. The quantitative estimate of drug-likeness (QED) is 0.890. The number of aromatic nitrogens is 1. The lowest BCUT2D eigenvalue weighted by Gasteiger charge is -2.29. The molecule has 25 heavy (non-hydrogen) atoms. The second kappa shape index (κ2) is 7.06. The van der Waals surface area contributed by atoms with Crippen LogP contribution in [0.15, 0.2) is 24.3 Å². The molecule has 1 aliphatic rings. The van der Waals surface area contributed by atoms with E-state index in [1.54, 1.807) is 7.11 Å². The lowest BCUT2D eigenvalue weighted by molar-refractivity contribution is 0.00303. The number of likely N-dealkylation sites (tertiary alicyclic amines) is 1. The Morgan fingerprint density at radius 3 is 2.88 bits per heavy atom. The first-order chi connectivity index (χ1) is 11.9. The van der Waals surface area contributed by atoms with Crippen molar-refractivity contribution >= 4 is 16.8 Å². The normalized spacial score (nSPS) is 21.6. The van der Waals surface area contributed by atoms with Gasteiger partial charge >= 0.3 is 0 Å². The molecule has 1 amide bonds. The monoisotopic (exact) mass is 345 g/mol. The molecule has 1 aliphatic heterocycles. The molecule has 0 radical (unpaired) electrons. The molecule has 3 rings (SSSR count). The van der Waals surface area contributed by atoms with E-state index in [1.807, 2.05) is 48.2 Å². The van der Waals surface area contributed by atoms with Crippen LogP contribution in [-0.4, -0.2) is 72.2 Å². The van der Waals surface area contributed by atoms with Gasteiger partial charge in [0.25, 0.3) is 5.91 Å². The van der Waals surface area contributed by atoms with Crippen LogP contribution in [0.25, 0.3) is 10.9 Å². The van der Waals surface area contributed by atoms with E-state index in [9.17, 15) is 9.90 Å². The third-order valence-electron chi connectivity index (χ3n) is 4.89. The summed E-state index contributed by atoms with van der Waals surface area (Å²) in [5, 5.41) is 11.7. The maximum absolute atomic E-state index is 12.9. The highest BCUT2D eigenvalue weighted by molar-refractivity contribution is 5.99. The molecule has 0 saturated carbocycles. The minimum atomic E-state index is -0.720. The minimum Gasteiger partial charge on any atom is -0.496 e. The van der Waals surface area contributed by atoms with Crippen LogP contribution >= 0.6 is 0 Å². The number of likely N-dealkylation sites (N-methyl/N-ethyl adjacent to an activating group) is 1. The Bertz CT molecular complexity index is 755. The smallest absolute Gasteiger partial charge is 0.270 e. The van der Waals surface area contributed by atoms with E-state index in [1.165, 1.54) is 0 Å². The fourth-order valence-corrected chi connectivity index (χ4v) is 3.72. The number of fused-ring (bicyclic) bond motifs is 1. The standard InChI is InChI=1S/C19H27N3O3/c1-21(2)13-19(24)8-5-10-22(11-9-19)18(23)16-12-14-15(20-16)6-4-7-17(14)25-3/h4,6-7,12,20,24H,5,8-11,13H2,1-3H3. The van der Waals surface area contributed by atoms with Crippen LogP contribution in [0.1, 0.15) is 29.8 Å². The molecule has 1 fully saturated rings. The van der Waals surface area contributed by atoms with Crippen LogP contribution in [0.3, 0.4) is 0 Å². The van der Waals surface area contributed by atoms with Crippen LogP contribution < -0.4 is 4.74 Å². The van der Waals surface area contributed by atoms with Gasteiger partial charge < -0.3 is 24.6 Å². The lowest BCUT2D eigenvalue weighted by atomic mass is 9.94. The Morgan fingerprint density at radius 1 is 1.36 bits per heavy atom. The van der Waals surface area contributed by atoms with Gasteiger partial charge in [-0.05, 0) is 51.6 Å². The van der Waals surface area contributed by atoms with Crippen molar-refractivity contribution in [2.24, 2.45) is 0 Å². The number of nitrogens with one attached hydrogen (secondary N) is 1. The number of hydrogen-bond donors (Lipinski definition) is 2. The van der Waals surface area contributed by atoms with Gasteiger partial charge in [0.2, 0.25) is 0 Å². The third kappa shape index (κ3) is 3.80. The Balaban J connectivity index is 1.77. The zero-order valence-electron chi connectivity index (χ0n) is 15.2. The third-order valence-corrected chi connectivity index (χ3v) is 4.89. The van der Waals surface area contributed by atoms with Crippen molar-refractivity contribution in [2.45, 2.75) is 24.9 Å². The number of rotatable bonds is 4. The molecular weight excluding hydrogens is 318 g/mol. The molecular formula is C19H27N3O3. The maximum atomic E-state index is 12.9. The number of H-pyrrole nitrogens is 1. The average molecular weight is 345 g/mol. The molecule has 1 aromatic carbocycles. The summed E-state index contributed by atoms with van der Waals surface area (Å²) >= 11 is 0. The number of aliphatic hydroxyl groups is 1. The predicted molar refractivity (Wildman–Crippen MR) is 98.1 cm³/mol. The zero-order chi connectivity index (χ0) is 18.0. The number of benzene rings is 1. The van der Waals surface area contributed by atoms with Gasteiger partial charge in [0.15, 0.2) is 0 Å². The number of methoxy groups -OCH3 is 1. The van der Waals surface area contributed by atoms with Crippen LogP contribution in [0.5, 0.6) is 5.75 Å². The van der Waals surface area contributed by atoms with E-state index in [0.717, 1.165) is 29.5 Å². The number of carbonyl (C=O) groups excluding carboxylic acids is 1. The van der Waals surface area contributed by atoms with Crippen molar-refractivity contribution < 1.29 is 14.6 Å². The first-order valence-corrected chi connectivity index (χ1v) is 8.74. The first-order valence-electron chi connectivity index (χ1n) is 8.74. The number of carbonyl (C=O) groups is 1. The summed E-state index contributed by atoms with van der Waals surface area (Å²) in [7, 11) is 5.55. The molecule has 136 valence electrons. The van der Waals surface area contributed by atoms with E-state index >= 15 is 0 Å². The van der Waals surface area contributed by atoms with Gasteiger partial charge in [0.1, 0.15) is 11.4 Å². The summed E-state index contributed by atoms with van der Waals surface area (Å²) in [6.07, 6.45) is 2.12. The molecule has 6 nitrogen and oxygen atoms in total. The molecule has 1 saturated heterocycles. The van der Waals surface area contributed by atoms with Crippen molar-refractivity contribution in [3.05, 3.63) is 30.0 Å². The van der Waals surface area contributed by atoms with Gasteiger partial charge in [0, 0.05) is 30.5 Å². The summed E-state index contributed by atoms with van der Waals surface area (Å²) in [6, 6.07) is 7.58. The molecule has 0 bridgehead atoms. The van der Waals surface area contributed by atoms with Crippen LogP contribution in [-0.2, 0) is 0 Å². The number of ether oxygens (including phenoxy) is 1. The zero-order valence-corrected chi connectivity index (χ0v) is 15.2. The van der Waals surface area contributed by atoms with E-state index in [-0.39, 0.29) is 5.91 Å². The highest BCUT2D eigenvalue weighted by atomic mass is 16.5. The fraction of sp³-hybridized carbons (Fsp3) is 0.526. The number of hydrogen-bond acceptors (Lipinski definition) is 4. The van der Waals surface area contributed by atoms with Gasteiger partial charge in [-0.3, -0.25) is 4.79 Å². The molecule has 1 unspecified atom stereocenters. The molecule has 2 heterocycles. The second-order valence-corrected chi connectivity index (χ2v) is 7.21. The van der Waals surface area contributed by atoms with E-state index in [0.29, 0.717) is 31.7 Å². The van der Waals surface area contributed by atoms with Crippen molar-refractivity contribution in [1.82, 2.24) is 14.8 Å². The minimum absolute atomic E-state index is 0.0210. The molecule has 2 N–H and O–H groups in total. The Hall–Kier alpha value is -2.05. The summed E-state index contributed by atoms with van der Waals surface area (Å²) in [4.78, 5) is 20.0. The number of amides is 1. The average Bonchev–Trinajstić information content (AvgIpc) is 2.91. The van der Waals surface area contributed by atoms with Crippen LogP contribution in [0, 0.1) is 0 Å². The molecule has 0 spiro atoms. The Morgan fingerprint density at radius 2 is 2.16 bits per heavy atom. The highest BCUT2D eigenvalue weighted by Gasteiger charge is 2.32. The largest absolute Gasteiger partial charge is 0.496 e. The van der Waals surface area contributed by atoms with E-state index in [4.69, 9.17) is 4.74 Å². The topological polar surface area (TPSA) is 68.8 Å². The van der Waals surface area contributed by atoms with Gasteiger partial charge in [-0.25, -0.2) is 0 Å². The summed E-state index contributed by atoms with van der Waals surface area (Å²) in [5.41, 5.74) is 0.738. The summed E-state index contributed by atoms with van der Waals surface area (Å²) in [6.45, 7) is 1.86. The fourth-order valence-electron chi connectivity index (χ4n) is 3.72. The Kier molecular flexibility index (Phi) is 5.01. The van der Waals surface area contributed by atoms with Crippen molar-refractivity contribution in [1.29, 1.82) is 0 Å². The van der Waals surface area contributed by atoms with Crippen molar-refractivity contribution in [2.75, 3.05) is 40.8 Å². The first kappa shape index (κ1) is 17.8. The SMILES string of the molecule is COc1cccc2[nH]c(C(=O)N3CCCC(O)(CN(C)C)CC3)cc12. The Labute approximate surface area is 148 Å². The van der Waals surface area contributed by atoms with E-state index < -0.39 is 5.60 Å². The van der Waals surface area contributed by atoms with Crippen molar-refractivity contribution in [3.8, 4) is 5.75 Å². The predicted octanol–water partition coefficient (Wildman–Crippen LogP) is 2.10. The van der Waals surface area contributed by atoms with Gasteiger partial charge in [-0.1, -0.05) is 6.07 Å².